The minimum Gasteiger partial charge on any atom is -0.396 e. The number of aliphatic hydroxyl groups excluding tert-OH is 1. The largest absolute Gasteiger partial charge is 0.396 e. The van der Waals surface area contributed by atoms with Crippen LogP contribution >= 0.6 is 0 Å². The van der Waals surface area contributed by atoms with Crippen LogP contribution in [-0.4, -0.2) is 18.3 Å². The number of halogens is 2. The van der Waals surface area contributed by atoms with Gasteiger partial charge in [0.1, 0.15) is 0 Å². The lowest BCUT2D eigenvalue weighted by molar-refractivity contribution is 0.286. The van der Waals surface area contributed by atoms with E-state index < -0.39 is 11.6 Å². The first-order valence-corrected chi connectivity index (χ1v) is 4.50. The van der Waals surface area contributed by atoms with Gasteiger partial charge in [-0.1, -0.05) is 12.1 Å². The molecule has 14 heavy (non-hydrogen) atoms. The molecule has 4 heteroatoms. The number of rotatable bonds is 5. The van der Waals surface area contributed by atoms with Crippen molar-refractivity contribution in [3.05, 3.63) is 35.4 Å². The van der Waals surface area contributed by atoms with E-state index in [9.17, 15) is 8.78 Å². The molecular weight excluding hydrogens is 188 g/mol. The minimum atomic E-state index is -0.827. The highest BCUT2D eigenvalue weighted by Crippen LogP contribution is 2.10. The summed E-state index contributed by atoms with van der Waals surface area (Å²) in [5.41, 5.74) is 0.308. The summed E-state index contributed by atoms with van der Waals surface area (Å²) in [4.78, 5) is 0. The lowest BCUT2D eigenvalue weighted by Crippen LogP contribution is -2.16. The summed E-state index contributed by atoms with van der Waals surface area (Å²) < 4.78 is 25.8. The van der Waals surface area contributed by atoms with Gasteiger partial charge in [0.2, 0.25) is 0 Å². The summed E-state index contributed by atoms with van der Waals surface area (Å²) in [6, 6.07) is 4.10. The van der Waals surface area contributed by atoms with Crippen molar-refractivity contribution in [1.29, 1.82) is 0 Å². The molecule has 0 amide bonds. The second-order valence-corrected chi connectivity index (χ2v) is 2.97. The van der Waals surface area contributed by atoms with Crippen molar-refractivity contribution in [2.45, 2.75) is 13.0 Å². The maximum absolute atomic E-state index is 13.0. The molecule has 1 rings (SSSR count). The highest BCUT2D eigenvalue weighted by molar-refractivity contribution is 5.18. The first kappa shape index (κ1) is 11.1. The zero-order valence-corrected chi connectivity index (χ0v) is 7.76. The third-order valence-electron chi connectivity index (χ3n) is 1.86. The number of benzene rings is 1. The van der Waals surface area contributed by atoms with E-state index in [1.807, 2.05) is 0 Å². The molecule has 0 unspecified atom stereocenters. The third kappa shape index (κ3) is 3.05. The second kappa shape index (κ2) is 5.67. The number of aliphatic hydroxyl groups is 1. The van der Waals surface area contributed by atoms with Crippen molar-refractivity contribution < 1.29 is 13.9 Å². The van der Waals surface area contributed by atoms with E-state index >= 15 is 0 Å². The molecule has 0 aliphatic carbocycles. The van der Waals surface area contributed by atoms with Crippen LogP contribution in [0.15, 0.2) is 18.2 Å². The lowest BCUT2D eigenvalue weighted by atomic mass is 10.2. The minimum absolute atomic E-state index is 0.0959. The Bertz CT molecular complexity index is 291. The monoisotopic (exact) mass is 201 g/mol. The molecule has 0 saturated carbocycles. The van der Waals surface area contributed by atoms with Gasteiger partial charge in [0.15, 0.2) is 11.6 Å². The van der Waals surface area contributed by atoms with Gasteiger partial charge in [-0.25, -0.2) is 8.78 Å². The van der Waals surface area contributed by atoms with Gasteiger partial charge >= 0.3 is 0 Å². The van der Waals surface area contributed by atoms with Crippen LogP contribution in [0.4, 0.5) is 8.78 Å². The summed E-state index contributed by atoms with van der Waals surface area (Å²) >= 11 is 0. The first-order valence-electron chi connectivity index (χ1n) is 4.50. The summed E-state index contributed by atoms with van der Waals surface area (Å²) in [5, 5.41) is 11.4. The molecule has 0 heterocycles. The van der Waals surface area contributed by atoms with Crippen molar-refractivity contribution in [3.8, 4) is 0 Å². The Kier molecular flexibility index (Phi) is 4.49. The van der Waals surface area contributed by atoms with Gasteiger partial charge in [-0.3, -0.25) is 0 Å². The van der Waals surface area contributed by atoms with Crippen molar-refractivity contribution in [1.82, 2.24) is 5.32 Å². The molecule has 0 aromatic heterocycles. The van der Waals surface area contributed by atoms with Crippen molar-refractivity contribution in [2.24, 2.45) is 0 Å². The Morgan fingerprint density at radius 2 is 2.07 bits per heavy atom. The normalized spacial score (nSPS) is 10.5. The van der Waals surface area contributed by atoms with Crippen LogP contribution < -0.4 is 5.32 Å². The highest BCUT2D eigenvalue weighted by atomic mass is 19.2. The average molecular weight is 201 g/mol. The summed E-state index contributed by atoms with van der Waals surface area (Å²) in [5.74, 6) is -1.63. The van der Waals surface area contributed by atoms with Gasteiger partial charge < -0.3 is 10.4 Å². The van der Waals surface area contributed by atoms with Gasteiger partial charge in [0, 0.05) is 18.7 Å². The van der Waals surface area contributed by atoms with E-state index in [-0.39, 0.29) is 13.2 Å². The van der Waals surface area contributed by atoms with Crippen LogP contribution in [0.3, 0.4) is 0 Å². The van der Waals surface area contributed by atoms with Crippen LogP contribution in [0.25, 0.3) is 0 Å². The molecule has 2 N–H and O–H groups in total. The third-order valence-corrected chi connectivity index (χ3v) is 1.86. The van der Waals surface area contributed by atoms with E-state index in [1.54, 1.807) is 0 Å². The Morgan fingerprint density at radius 1 is 1.29 bits per heavy atom. The van der Waals surface area contributed by atoms with Crippen LogP contribution in [0.1, 0.15) is 12.0 Å². The summed E-state index contributed by atoms with van der Waals surface area (Å²) in [6.45, 7) is 0.967. The molecule has 1 aromatic rings. The Balaban J connectivity index is 2.46. The zero-order chi connectivity index (χ0) is 10.4. The predicted octanol–water partition coefficient (Wildman–Crippen LogP) is 1.44. The Hall–Kier alpha value is -1.00. The van der Waals surface area contributed by atoms with Gasteiger partial charge in [-0.2, -0.15) is 0 Å². The fraction of sp³-hybridized carbons (Fsp3) is 0.400. The van der Waals surface area contributed by atoms with E-state index in [1.165, 1.54) is 12.1 Å². The quantitative estimate of drug-likeness (QED) is 0.706. The fourth-order valence-corrected chi connectivity index (χ4v) is 1.11. The molecule has 0 aliphatic rings. The molecule has 0 spiro atoms. The Morgan fingerprint density at radius 3 is 2.79 bits per heavy atom. The molecule has 0 bridgehead atoms. The molecule has 78 valence electrons. The van der Waals surface area contributed by atoms with E-state index in [2.05, 4.69) is 5.32 Å². The van der Waals surface area contributed by atoms with Gasteiger partial charge in [-0.15, -0.1) is 0 Å². The van der Waals surface area contributed by atoms with Crippen LogP contribution in [0.5, 0.6) is 0 Å². The SMILES string of the molecule is OCCCNCc1cccc(F)c1F. The predicted molar refractivity (Wildman–Crippen MR) is 49.8 cm³/mol. The molecule has 0 saturated heterocycles. The van der Waals surface area contributed by atoms with E-state index in [4.69, 9.17) is 5.11 Å². The molecule has 1 aromatic carbocycles. The molecule has 0 aliphatic heterocycles. The summed E-state index contributed by atoms with van der Waals surface area (Å²) in [7, 11) is 0. The van der Waals surface area contributed by atoms with Crippen molar-refractivity contribution in [3.63, 3.8) is 0 Å². The first-order chi connectivity index (χ1) is 6.75. The Labute approximate surface area is 81.6 Å². The molecule has 0 atom stereocenters. The van der Waals surface area contributed by atoms with Crippen LogP contribution in [-0.2, 0) is 6.54 Å². The standard InChI is InChI=1S/C10H13F2NO/c11-9-4-1-3-8(10(9)12)7-13-5-2-6-14/h1,3-4,13-14H,2,5-7H2. The fourth-order valence-electron chi connectivity index (χ4n) is 1.11. The van der Waals surface area contributed by atoms with Gasteiger partial charge in [0.25, 0.3) is 0 Å². The second-order valence-electron chi connectivity index (χ2n) is 2.97. The average Bonchev–Trinajstić information content (AvgIpc) is 2.19. The highest BCUT2D eigenvalue weighted by Gasteiger charge is 2.05. The molecule has 0 radical (unpaired) electrons. The topological polar surface area (TPSA) is 32.3 Å². The van der Waals surface area contributed by atoms with Crippen LogP contribution in [0, 0.1) is 11.6 Å². The van der Waals surface area contributed by atoms with Gasteiger partial charge in [0.05, 0.1) is 0 Å². The van der Waals surface area contributed by atoms with Crippen molar-refractivity contribution in [2.75, 3.05) is 13.2 Å². The molecule has 2 nitrogen and oxygen atoms in total. The smallest absolute Gasteiger partial charge is 0.163 e. The van der Waals surface area contributed by atoms with Crippen LogP contribution in [0.2, 0.25) is 0 Å². The van der Waals surface area contributed by atoms with Crippen molar-refractivity contribution >= 4 is 0 Å². The maximum atomic E-state index is 13.0. The zero-order valence-electron chi connectivity index (χ0n) is 7.76. The lowest BCUT2D eigenvalue weighted by Gasteiger charge is -2.05. The molecular formula is C10H13F2NO. The van der Waals surface area contributed by atoms with E-state index in [0.717, 1.165) is 6.07 Å². The number of nitrogens with one attached hydrogen (secondary N) is 1. The maximum Gasteiger partial charge on any atom is 0.163 e. The number of hydrogen-bond acceptors (Lipinski definition) is 2. The summed E-state index contributed by atoms with van der Waals surface area (Å²) in [6.07, 6.45) is 0.608. The molecule has 0 fully saturated rings. The number of hydrogen-bond donors (Lipinski definition) is 2. The van der Waals surface area contributed by atoms with Gasteiger partial charge in [-0.05, 0) is 19.0 Å². The van der Waals surface area contributed by atoms with E-state index in [0.29, 0.717) is 18.5 Å².